The summed E-state index contributed by atoms with van der Waals surface area (Å²) in [6.07, 6.45) is 0.931. The highest BCUT2D eigenvalue weighted by Crippen LogP contribution is 2.19. The zero-order chi connectivity index (χ0) is 12.3. The maximum Gasteiger partial charge on any atom is 0.264 e. The molecule has 7 heteroatoms. The van der Waals surface area contributed by atoms with Gasteiger partial charge in [0, 0.05) is 3.57 Å². The Morgan fingerprint density at radius 2 is 2.06 bits per heavy atom. The highest BCUT2D eigenvalue weighted by molar-refractivity contribution is 14.1. The van der Waals surface area contributed by atoms with Gasteiger partial charge in [-0.25, -0.2) is 4.39 Å². The summed E-state index contributed by atoms with van der Waals surface area (Å²) < 4.78 is 39.7. The zero-order valence-electron chi connectivity index (χ0n) is 8.41. The normalized spacial score (nSPS) is 11.8. The highest BCUT2D eigenvalue weighted by atomic mass is 127. The van der Waals surface area contributed by atoms with Crippen molar-refractivity contribution in [1.29, 1.82) is 0 Å². The SMILES string of the molecule is CS(=O)(=O)OCc1cc(I)c(F)cc1CO. The van der Waals surface area contributed by atoms with E-state index < -0.39 is 15.9 Å². The zero-order valence-corrected chi connectivity index (χ0v) is 11.4. The van der Waals surface area contributed by atoms with E-state index in [0.29, 0.717) is 14.7 Å². The van der Waals surface area contributed by atoms with E-state index in [4.69, 9.17) is 5.11 Å². The van der Waals surface area contributed by atoms with Crippen LogP contribution in [0.5, 0.6) is 0 Å². The number of benzene rings is 1. The van der Waals surface area contributed by atoms with E-state index >= 15 is 0 Å². The Morgan fingerprint density at radius 1 is 1.44 bits per heavy atom. The van der Waals surface area contributed by atoms with Crippen LogP contribution in [0.3, 0.4) is 0 Å². The van der Waals surface area contributed by atoms with Gasteiger partial charge in [0.05, 0.1) is 19.5 Å². The third kappa shape index (κ3) is 3.96. The van der Waals surface area contributed by atoms with E-state index in [0.717, 1.165) is 6.26 Å². The van der Waals surface area contributed by atoms with Crippen LogP contribution in [0.15, 0.2) is 12.1 Å². The van der Waals surface area contributed by atoms with Crippen LogP contribution >= 0.6 is 22.6 Å². The molecule has 90 valence electrons. The third-order valence-electron chi connectivity index (χ3n) is 1.84. The summed E-state index contributed by atoms with van der Waals surface area (Å²) >= 11 is 1.78. The fourth-order valence-electron chi connectivity index (χ4n) is 1.08. The Labute approximate surface area is 107 Å². The van der Waals surface area contributed by atoms with Gasteiger partial charge >= 0.3 is 0 Å². The summed E-state index contributed by atoms with van der Waals surface area (Å²) in [6, 6.07) is 2.62. The number of hydrogen-bond acceptors (Lipinski definition) is 4. The molecule has 4 nitrogen and oxygen atoms in total. The number of rotatable bonds is 4. The summed E-state index contributed by atoms with van der Waals surface area (Å²) in [5.74, 6) is -0.451. The fourth-order valence-corrected chi connectivity index (χ4v) is 1.95. The van der Waals surface area contributed by atoms with Gasteiger partial charge in [0.2, 0.25) is 0 Å². The lowest BCUT2D eigenvalue weighted by Crippen LogP contribution is -2.06. The molecule has 0 unspecified atom stereocenters. The molecule has 0 aliphatic carbocycles. The quantitative estimate of drug-likeness (QED) is 0.651. The lowest BCUT2D eigenvalue weighted by Gasteiger charge is -2.08. The van der Waals surface area contributed by atoms with Crippen molar-refractivity contribution in [3.8, 4) is 0 Å². The predicted molar refractivity (Wildman–Crippen MR) is 64.7 cm³/mol. The maximum absolute atomic E-state index is 13.1. The van der Waals surface area contributed by atoms with Gasteiger partial charge in [0.25, 0.3) is 10.1 Å². The molecule has 0 aliphatic heterocycles. The number of hydrogen-bond donors (Lipinski definition) is 1. The van der Waals surface area contributed by atoms with Crippen molar-refractivity contribution in [2.75, 3.05) is 6.26 Å². The van der Waals surface area contributed by atoms with Gasteiger partial charge in [-0.05, 0) is 45.9 Å². The second kappa shape index (κ2) is 5.39. The highest BCUT2D eigenvalue weighted by Gasteiger charge is 2.10. The largest absolute Gasteiger partial charge is 0.392 e. The number of aliphatic hydroxyl groups excluding tert-OH is 1. The minimum absolute atomic E-state index is 0.203. The van der Waals surface area contributed by atoms with Crippen molar-refractivity contribution < 1.29 is 22.1 Å². The Balaban J connectivity index is 2.99. The van der Waals surface area contributed by atoms with Crippen molar-refractivity contribution in [3.63, 3.8) is 0 Å². The Morgan fingerprint density at radius 3 is 2.56 bits per heavy atom. The van der Waals surface area contributed by atoms with Gasteiger partial charge in [-0.3, -0.25) is 4.18 Å². The van der Waals surface area contributed by atoms with Crippen molar-refractivity contribution in [3.05, 3.63) is 32.6 Å². The van der Waals surface area contributed by atoms with Crippen molar-refractivity contribution >= 4 is 32.7 Å². The second-order valence-corrected chi connectivity index (χ2v) is 5.97. The summed E-state index contributed by atoms with van der Waals surface area (Å²) in [5.41, 5.74) is 0.778. The summed E-state index contributed by atoms with van der Waals surface area (Å²) in [5, 5.41) is 8.99. The molecular weight excluding hydrogens is 350 g/mol. The average molecular weight is 360 g/mol. The molecule has 0 saturated heterocycles. The van der Waals surface area contributed by atoms with Crippen LogP contribution in [0, 0.1) is 9.39 Å². The molecule has 0 bridgehead atoms. The van der Waals surface area contributed by atoms with E-state index in [2.05, 4.69) is 4.18 Å². The molecule has 0 aliphatic rings. The molecule has 0 radical (unpaired) electrons. The van der Waals surface area contributed by atoms with E-state index in [1.165, 1.54) is 12.1 Å². The molecule has 1 rings (SSSR count). The Kier molecular flexibility index (Phi) is 4.65. The van der Waals surface area contributed by atoms with Crippen LogP contribution in [0.1, 0.15) is 11.1 Å². The van der Waals surface area contributed by atoms with Gasteiger partial charge in [0.15, 0.2) is 0 Å². The second-order valence-electron chi connectivity index (χ2n) is 3.16. The van der Waals surface area contributed by atoms with E-state index in [1.807, 2.05) is 0 Å². The topological polar surface area (TPSA) is 63.6 Å². The van der Waals surface area contributed by atoms with Crippen LogP contribution in [0.4, 0.5) is 4.39 Å². The summed E-state index contributed by atoms with van der Waals surface area (Å²) in [6.45, 7) is -0.568. The first kappa shape index (κ1) is 13.8. The van der Waals surface area contributed by atoms with Crippen LogP contribution in [0.25, 0.3) is 0 Å². The molecule has 16 heavy (non-hydrogen) atoms. The molecule has 0 fully saturated rings. The van der Waals surface area contributed by atoms with Gasteiger partial charge in [-0.2, -0.15) is 8.42 Å². The summed E-state index contributed by atoms with van der Waals surface area (Å²) in [4.78, 5) is 0. The molecule has 0 amide bonds. The van der Waals surface area contributed by atoms with Crippen LogP contribution < -0.4 is 0 Å². The molecule has 0 aromatic heterocycles. The molecule has 0 heterocycles. The minimum atomic E-state index is -3.55. The van der Waals surface area contributed by atoms with Crippen molar-refractivity contribution in [2.24, 2.45) is 0 Å². The molecule has 0 spiro atoms. The van der Waals surface area contributed by atoms with Gasteiger partial charge < -0.3 is 5.11 Å². The molecule has 1 N–H and O–H groups in total. The first-order valence-electron chi connectivity index (χ1n) is 4.25. The van der Waals surface area contributed by atoms with E-state index in [9.17, 15) is 12.8 Å². The van der Waals surface area contributed by atoms with Crippen LogP contribution in [-0.2, 0) is 27.5 Å². The molecule has 0 atom stereocenters. The standard InChI is InChI=1S/C9H10FIO4S/c1-16(13,14)15-5-7-3-9(11)8(10)2-6(7)4-12/h2-3,12H,4-5H2,1H3. The first-order chi connectivity index (χ1) is 7.33. The van der Waals surface area contributed by atoms with Gasteiger partial charge in [-0.15, -0.1) is 0 Å². The van der Waals surface area contributed by atoms with E-state index in [-0.39, 0.29) is 13.2 Å². The number of aliphatic hydroxyl groups is 1. The van der Waals surface area contributed by atoms with Crippen LogP contribution in [0.2, 0.25) is 0 Å². The Hall–Kier alpha value is -0.250. The van der Waals surface area contributed by atoms with Crippen molar-refractivity contribution in [1.82, 2.24) is 0 Å². The molecule has 1 aromatic carbocycles. The third-order valence-corrected chi connectivity index (χ3v) is 3.21. The predicted octanol–water partition coefficient (Wildman–Crippen LogP) is 1.40. The smallest absolute Gasteiger partial charge is 0.264 e. The monoisotopic (exact) mass is 360 g/mol. The lowest BCUT2D eigenvalue weighted by atomic mass is 10.1. The molecular formula is C9H10FIO4S. The van der Waals surface area contributed by atoms with Crippen molar-refractivity contribution in [2.45, 2.75) is 13.2 Å². The molecule has 1 aromatic rings. The molecule has 0 saturated carbocycles. The fraction of sp³-hybridized carbons (Fsp3) is 0.333. The van der Waals surface area contributed by atoms with E-state index in [1.54, 1.807) is 22.6 Å². The van der Waals surface area contributed by atoms with Gasteiger partial charge in [-0.1, -0.05) is 0 Å². The average Bonchev–Trinajstić information content (AvgIpc) is 2.18. The lowest BCUT2D eigenvalue weighted by molar-refractivity contribution is 0.270. The van der Waals surface area contributed by atoms with Gasteiger partial charge in [0.1, 0.15) is 5.82 Å². The minimum Gasteiger partial charge on any atom is -0.392 e. The summed E-state index contributed by atoms with van der Waals surface area (Å²) in [7, 11) is -3.55. The first-order valence-corrected chi connectivity index (χ1v) is 7.15. The maximum atomic E-state index is 13.1. The Bertz CT molecular complexity index is 487. The number of halogens is 2. The van der Waals surface area contributed by atoms with Crippen LogP contribution in [-0.4, -0.2) is 19.8 Å².